The first-order chi connectivity index (χ1) is 9.88. The first kappa shape index (κ1) is 13.5. The van der Waals surface area contributed by atoms with Gasteiger partial charge in [-0.15, -0.1) is 10.2 Å². The quantitative estimate of drug-likeness (QED) is 0.727. The maximum atomic E-state index is 13.1. The Hall–Kier alpha value is -2.45. The molecular formula is C12H10F3N5O. The number of fused-ring (bicyclic) bond motifs is 3. The lowest BCUT2D eigenvalue weighted by Crippen LogP contribution is -2.13. The maximum absolute atomic E-state index is 13.1. The third-order valence-corrected chi connectivity index (χ3v) is 2.66. The van der Waals surface area contributed by atoms with Crippen molar-refractivity contribution in [2.75, 3.05) is 0 Å². The van der Waals surface area contributed by atoms with Crippen LogP contribution in [-0.4, -0.2) is 30.7 Å². The van der Waals surface area contributed by atoms with Crippen LogP contribution in [0.25, 0.3) is 16.8 Å². The number of alkyl halides is 3. The number of ether oxygens (including phenoxy) is 1. The van der Waals surface area contributed by atoms with Gasteiger partial charge < -0.3 is 4.74 Å². The third kappa shape index (κ3) is 2.24. The number of pyridine rings is 1. The van der Waals surface area contributed by atoms with E-state index in [-0.39, 0.29) is 28.8 Å². The molecule has 6 nitrogen and oxygen atoms in total. The lowest BCUT2D eigenvalue weighted by atomic mass is 10.4. The molecule has 3 heterocycles. The van der Waals surface area contributed by atoms with Crippen LogP contribution < -0.4 is 4.74 Å². The molecule has 0 radical (unpaired) electrons. The van der Waals surface area contributed by atoms with Gasteiger partial charge in [-0.2, -0.15) is 13.2 Å². The highest BCUT2D eigenvalue weighted by molar-refractivity contribution is 5.76. The van der Waals surface area contributed by atoms with Crippen LogP contribution in [0.2, 0.25) is 0 Å². The van der Waals surface area contributed by atoms with Gasteiger partial charge in [0.05, 0.1) is 6.10 Å². The number of rotatable bonds is 2. The van der Waals surface area contributed by atoms with E-state index in [1.54, 1.807) is 26.0 Å². The molecule has 9 heteroatoms. The van der Waals surface area contributed by atoms with E-state index in [2.05, 4.69) is 20.2 Å². The van der Waals surface area contributed by atoms with Gasteiger partial charge in [0, 0.05) is 6.20 Å². The van der Waals surface area contributed by atoms with E-state index >= 15 is 0 Å². The lowest BCUT2D eigenvalue weighted by Gasteiger charge is -2.11. The van der Waals surface area contributed by atoms with E-state index in [0.29, 0.717) is 0 Å². The van der Waals surface area contributed by atoms with E-state index < -0.39 is 12.0 Å². The summed E-state index contributed by atoms with van der Waals surface area (Å²) in [6, 6.07) is 3.13. The number of nitrogens with zero attached hydrogens (tertiary/aromatic N) is 5. The molecule has 110 valence electrons. The molecule has 3 rings (SSSR count). The zero-order chi connectivity index (χ0) is 15.2. The van der Waals surface area contributed by atoms with Crippen molar-refractivity contribution < 1.29 is 17.9 Å². The summed E-state index contributed by atoms with van der Waals surface area (Å²) < 4.78 is 45.4. The van der Waals surface area contributed by atoms with Crippen LogP contribution in [0, 0.1) is 0 Å². The molecule has 0 aliphatic carbocycles. The van der Waals surface area contributed by atoms with Gasteiger partial charge in [0.2, 0.25) is 11.5 Å². The van der Waals surface area contributed by atoms with Crippen molar-refractivity contribution in [2.45, 2.75) is 26.1 Å². The fourth-order valence-corrected chi connectivity index (χ4v) is 1.92. The lowest BCUT2D eigenvalue weighted by molar-refractivity contribution is -0.145. The Morgan fingerprint density at radius 1 is 1.19 bits per heavy atom. The van der Waals surface area contributed by atoms with Crippen molar-refractivity contribution in [1.82, 2.24) is 24.6 Å². The molecule has 0 aromatic carbocycles. The topological polar surface area (TPSA) is 65.2 Å². The Labute approximate surface area is 116 Å². The van der Waals surface area contributed by atoms with Crippen molar-refractivity contribution in [3.05, 3.63) is 24.2 Å². The minimum atomic E-state index is -4.65. The van der Waals surface area contributed by atoms with Crippen LogP contribution in [0.15, 0.2) is 18.3 Å². The molecule has 0 spiro atoms. The monoisotopic (exact) mass is 297 g/mol. The number of aromatic nitrogens is 5. The third-order valence-electron chi connectivity index (χ3n) is 2.66. The number of hydrogen-bond donors (Lipinski definition) is 0. The summed E-state index contributed by atoms with van der Waals surface area (Å²) in [6.45, 7) is 3.49. The van der Waals surface area contributed by atoms with Crippen LogP contribution in [-0.2, 0) is 6.18 Å². The molecule has 0 amide bonds. The van der Waals surface area contributed by atoms with Crippen LogP contribution in [0.1, 0.15) is 19.7 Å². The standard InChI is InChI=1S/C12H10F3N5O/c1-6(2)21-10-9-18-19-11(12(13,14)15)20(9)8-7(17-10)4-3-5-16-8/h3-6H,1-2H3. The molecule has 0 fully saturated rings. The minimum Gasteiger partial charge on any atom is -0.472 e. The van der Waals surface area contributed by atoms with Gasteiger partial charge in [0.1, 0.15) is 5.52 Å². The number of halogens is 3. The zero-order valence-electron chi connectivity index (χ0n) is 11.1. The van der Waals surface area contributed by atoms with E-state index in [1.807, 2.05) is 0 Å². The molecule has 0 aliphatic rings. The second kappa shape index (κ2) is 4.54. The summed E-state index contributed by atoms with van der Waals surface area (Å²) >= 11 is 0. The summed E-state index contributed by atoms with van der Waals surface area (Å²) in [4.78, 5) is 8.10. The van der Waals surface area contributed by atoms with E-state index in [4.69, 9.17) is 4.74 Å². The molecule has 0 N–H and O–H groups in total. The van der Waals surface area contributed by atoms with Crippen molar-refractivity contribution in [3.8, 4) is 5.88 Å². The van der Waals surface area contributed by atoms with Gasteiger partial charge in [0.15, 0.2) is 5.65 Å². The largest absolute Gasteiger partial charge is 0.472 e. The van der Waals surface area contributed by atoms with Crippen molar-refractivity contribution in [2.24, 2.45) is 0 Å². The Kier molecular flexibility index (Phi) is 2.92. The Balaban J connectivity index is 2.42. The van der Waals surface area contributed by atoms with Crippen molar-refractivity contribution in [3.63, 3.8) is 0 Å². The predicted octanol–water partition coefficient (Wildman–Crippen LogP) is 2.48. The Morgan fingerprint density at radius 3 is 2.62 bits per heavy atom. The fourth-order valence-electron chi connectivity index (χ4n) is 1.92. The SMILES string of the molecule is CC(C)Oc1nc2cccnc2n2c(C(F)(F)F)nnc12. The molecular weight excluding hydrogens is 287 g/mol. The fraction of sp³-hybridized carbons (Fsp3) is 0.333. The molecule has 0 saturated carbocycles. The summed E-state index contributed by atoms with van der Waals surface area (Å²) in [7, 11) is 0. The average molecular weight is 297 g/mol. The highest BCUT2D eigenvalue weighted by Crippen LogP contribution is 2.31. The molecule has 0 unspecified atom stereocenters. The molecule has 0 aliphatic heterocycles. The Morgan fingerprint density at radius 2 is 1.95 bits per heavy atom. The highest BCUT2D eigenvalue weighted by atomic mass is 19.4. The average Bonchev–Trinajstić information content (AvgIpc) is 2.83. The van der Waals surface area contributed by atoms with Crippen molar-refractivity contribution >= 4 is 16.8 Å². The molecule has 21 heavy (non-hydrogen) atoms. The van der Waals surface area contributed by atoms with Crippen LogP contribution in [0.4, 0.5) is 13.2 Å². The summed E-state index contributed by atoms with van der Waals surface area (Å²) in [6.07, 6.45) is -3.53. The van der Waals surface area contributed by atoms with Crippen LogP contribution in [0.5, 0.6) is 5.88 Å². The molecule has 0 bridgehead atoms. The van der Waals surface area contributed by atoms with E-state index in [9.17, 15) is 13.2 Å². The predicted molar refractivity (Wildman–Crippen MR) is 66.8 cm³/mol. The van der Waals surface area contributed by atoms with Crippen LogP contribution in [0.3, 0.4) is 0 Å². The second-order valence-electron chi connectivity index (χ2n) is 4.61. The van der Waals surface area contributed by atoms with E-state index in [0.717, 1.165) is 4.40 Å². The maximum Gasteiger partial charge on any atom is 0.452 e. The zero-order valence-corrected chi connectivity index (χ0v) is 11.1. The summed E-state index contributed by atoms with van der Waals surface area (Å²) in [5, 5.41) is 6.77. The summed E-state index contributed by atoms with van der Waals surface area (Å²) in [5.74, 6) is -1.16. The van der Waals surface area contributed by atoms with Crippen LogP contribution >= 0.6 is 0 Å². The summed E-state index contributed by atoms with van der Waals surface area (Å²) in [5.41, 5.74) is 0.189. The van der Waals surface area contributed by atoms with Gasteiger partial charge in [0.25, 0.3) is 5.88 Å². The molecule has 3 aromatic heterocycles. The van der Waals surface area contributed by atoms with Gasteiger partial charge in [-0.25, -0.2) is 14.4 Å². The smallest absolute Gasteiger partial charge is 0.452 e. The van der Waals surface area contributed by atoms with Crippen molar-refractivity contribution in [1.29, 1.82) is 0 Å². The van der Waals surface area contributed by atoms with E-state index in [1.165, 1.54) is 6.20 Å². The minimum absolute atomic E-state index is 0.00602. The van der Waals surface area contributed by atoms with Gasteiger partial charge in [-0.3, -0.25) is 0 Å². The Bertz CT molecular complexity index is 812. The molecule has 0 atom stereocenters. The normalized spacial score (nSPS) is 12.5. The molecule has 3 aromatic rings. The highest BCUT2D eigenvalue weighted by Gasteiger charge is 2.38. The molecule has 0 saturated heterocycles. The first-order valence-electron chi connectivity index (χ1n) is 6.11. The number of hydrogen-bond acceptors (Lipinski definition) is 5. The second-order valence-corrected chi connectivity index (χ2v) is 4.61. The van der Waals surface area contributed by atoms with Gasteiger partial charge in [-0.05, 0) is 26.0 Å². The van der Waals surface area contributed by atoms with Gasteiger partial charge in [-0.1, -0.05) is 0 Å². The first-order valence-corrected chi connectivity index (χ1v) is 6.11. The van der Waals surface area contributed by atoms with Gasteiger partial charge >= 0.3 is 6.18 Å².